The lowest BCUT2D eigenvalue weighted by Gasteiger charge is -2.11. The van der Waals surface area contributed by atoms with Gasteiger partial charge in [0.1, 0.15) is 0 Å². The van der Waals surface area contributed by atoms with Gasteiger partial charge in [-0.25, -0.2) is 0 Å². The van der Waals surface area contributed by atoms with Gasteiger partial charge in [0.15, 0.2) is 0 Å². The number of hydrogen-bond donors (Lipinski definition) is 1. The van der Waals surface area contributed by atoms with Crippen LogP contribution in [0.15, 0.2) is 29.2 Å². The minimum Gasteiger partial charge on any atom is -0.379 e. The molecule has 0 saturated carbocycles. The van der Waals surface area contributed by atoms with Crippen molar-refractivity contribution >= 4 is 11.8 Å². The molecular weight excluding hydrogens is 230 g/mol. The average Bonchev–Trinajstić information content (AvgIpc) is 2.77. The Hall–Kier alpha value is -0.510. The number of ether oxygens (including phenoxy) is 1. The van der Waals surface area contributed by atoms with Crippen LogP contribution in [0.1, 0.15) is 24.8 Å². The third-order valence-corrected chi connectivity index (χ3v) is 4.22. The first kappa shape index (κ1) is 12.9. The molecule has 1 aromatic carbocycles. The zero-order chi connectivity index (χ0) is 11.9. The summed E-state index contributed by atoms with van der Waals surface area (Å²) < 4.78 is 5.75. The summed E-state index contributed by atoms with van der Waals surface area (Å²) in [5.74, 6) is 1.75. The highest BCUT2D eigenvalue weighted by molar-refractivity contribution is 7.99. The zero-order valence-electron chi connectivity index (χ0n) is 10.4. The van der Waals surface area contributed by atoms with Crippen molar-refractivity contribution in [2.24, 2.45) is 0 Å². The van der Waals surface area contributed by atoms with Gasteiger partial charge in [-0.3, -0.25) is 0 Å². The largest absolute Gasteiger partial charge is 0.379 e. The number of hydrogen-bond acceptors (Lipinski definition) is 3. The van der Waals surface area contributed by atoms with Crippen molar-refractivity contribution in [1.82, 2.24) is 5.32 Å². The van der Waals surface area contributed by atoms with Crippen LogP contribution in [-0.2, 0) is 4.74 Å². The number of nitrogens with one attached hydrogen (secondary N) is 1. The zero-order valence-corrected chi connectivity index (χ0v) is 11.3. The lowest BCUT2D eigenvalue weighted by Crippen LogP contribution is -2.21. The van der Waals surface area contributed by atoms with Gasteiger partial charge in [0.25, 0.3) is 0 Å². The molecule has 2 rings (SSSR count). The van der Waals surface area contributed by atoms with Gasteiger partial charge >= 0.3 is 0 Å². The predicted octanol–water partition coefficient (Wildman–Crippen LogP) is 2.89. The number of thioether (sulfide) groups is 1. The van der Waals surface area contributed by atoms with Crippen molar-refractivity contribution in [2.45, 2.75) is 24.2 Å². The van der Waals surface area contributed by atoms with E-state index < -0.39 is 0 Å². The van der Waals surface area contributed by atoms with E-state index in [9.17, 15) is 0 Å². The molecule has 1 aliphatic heterocycles. The van der Waals surface area contributed by atoms with Crippen molar-refractivity contribution in [3.05, 3.63) is 29.8 Å². The summed E-state index contributed by atoms with van der Waals surface area (Å²) in [4.78, 5) is 1.44. The number of rotatable bonds is 7. The number of fused-ring (bicyclic) bond motifs is 1. The summed E-state index contributed by atoms with van der Waals surface area (Å²) >= 11 is 1.95. The van der Waals surface area contributed by atoms with E-state index in [-0.39, 0.29) is 0 Å². The summed E-state index contributed by atoms with van der Waals surface area (Å²) in [5, 5.41) is 3.35. The van der Waals surface area contributed by atoms with Gasteiger partial charge < -0.3 is 10.1 Å². The fourth-order valence-corrected chi connectivity index (χ4v) is 3.27. The van der Waals surface area contributed by atoms with E-state index in [0.29, 0.717) is 5.92 Å². The van der Waals surface area contributed by atoms with Gasteiger partial charge in [-0.15, -0.1) is 11.8 Å². The molecule has 94 valence electrons. The molecule has 17 heavy (non-hydrogen) atoms. The van der Waals surface area contributed by atoms with Crippen LogP contribution in [0.4, 0.5) is 0 Å². The molecule has 0 spiro atoms. The average molecular weight is 251 g/mol. The first-order valence-electron chi connectivity index (χ1n) is 6.42. The molecule has 0 aromatic heterocycles. The lowest BCUT2D eigenvalue weighted by molar-refractivity contribution is 0.126. The van der Waals surface area contributed by atoms with E-state index in [2.05, 4.69) is 36.5 Å². The third kappa shape index (κ3) is 3.73. The predicted molar refractivity (Wildman–Crippen MR) is 73.9 cm³/mol. The SMILES string of the molecule is CCCNCCOCC1CSc2ccccc21. The van der Waals surface area contributed by atoms with E-state index in [4.69, 9.17) is 4.74 Å². The van der Waals surface area contributed by atoms with Crippen molar-refractivity contribution in [2.75, 3.05) is 32.1 Å². The molecule has 1 atom stereocenters. The molecule has 2 nitrogen and oxygen atoms in total. The van der Waals surface area contributed by atoms with Crippen molar-refractivity contribution < 1.29 is 4.74 Å². The Kier molecular flexibility index (Phi) is 5.36. The Morgan fingerprint density at radius 1 is 1.35 bits per heavy atom. The Balaban J connectivity index is 1.68. The van der Waals surface area contributed by atoms with E-state index in [0.717, 1.165) is 26.3 Å². The van der Waals surface area contributed by atoms with Gasteiger partial charge in [-0.1, -0.05) is 25.1 Å². The van der Waals surface area contributed by atoms with Crippen LogP contribution in [-0.4, -0.2) is 32.1 Å². The lowest BCUT2D eigenvalue weighted by atomic mass is 10.0. The summed E-state index contributed by atoms with van der Waals surface area (Å²) in [6.07, 6.45) is 1.19. The van der Waals surface area contributed by atoms with Gasteiger partial charge in [0.05, 0.1) is 13.2 Å². The van der Waals surface area contributed by atoms with Crippen LogP contribution < -0.4 is 5.32 Å². The van der Waals surface area contributed by atoms with Crippen LogP contribution in [0.3, 0.4) is 0 Å². The molecule has 1 aromatic rings. The summed E-state index contributed by atoms with van der Waals surface area (Å²) in [7, 11) is 0. The Morgan fingerprint density at radius 3 is 3.12 bits per heavy atom. The minimum atomic E-state index is 0.586. The van der Waals surface area contributed by atoms with E-state index in [1.807, 2.05) is 11.8 Å². The van der Waals surface area contributed by atoms with Gasteiger partial charge in [-0.2, -0.15) is 0 Å². The molecule has 1 heterocycles. The summed E-state index contributed by atoms with van der Waals surface area (Å²) in [6.45, 7) is 5.92. The molecule has 0 bridgehead atoms. The molecule has 0 saturated heterocycles. The quantitative estimate of drug-likeness (QED) is 0.753. The van der Waals surface area contributed by atoms with E-state index in [1.54, 1.807) is 0 Å². The van der Waals surface area contributed by atoms with Crippen molar-refractivity contribution in [3.63, 3.8) is 0 Å². The standard InChI is InChI=1S/C14H21NOS/c1-2-7-15-8-9-16-10-12-11-17-14-6-4-3-5-13(12)14/h3-6,12,15H,2,7-11H2,1H3. The normalized spacial score (nSPS) is 18.3. The van der Waals surface area contributed by atoms with E-state index in [1.165, 1.54) is 22.6 Å². The smallest absolute Gasteiger partial charge is 0.0591 e. The second-order valence-corrected chi connectivity index (χ2v) is 5.43. The van der Waals surface area contributed by atoms with Crippen molar-refractivity contribution in [3.8, 4) is 0 Å². The van der Waals surface area contributed by atoms with Crippen LogP contribution in [0.5, 0.6) is 0 Å². The monoisotopic (exact) mass is 251 g/mol. The number of benzene rings is 1. The van der Waals surface area contributed by atoms with E-state index >= 15 is 0 Å². The highest BCUT2D eigenvalue weighted by atomic mass is 32.2. The van der Waals surface area contributed by atoms with Gasteiger partial charge in [-0.05, 0) is 24.6 Å². The second kappa shape index (κ2) is 7.04. The molecule has 0 radical (unpaired) electrons. The van der Waals surface area contributed by atoms with Gasteiger partial charge in [0.2, 0.25) is 0 Å². The van der Waals surface area contributed by atoms with Crippen molar-refractivity contribution in [1.29, 1.82) is 0 Å². The van der Waals surface area contributed by atoms with Crippen LogP contribution >= 0.6 is 11.8 Å². The third-order valence-electron chi connectivity index (χ3n) is 2.97. The fraction of sp³-hybridized carbons (Fsp3) is 0.571. The maximum absolute atomic E-state index is 5.75. The first-order chi connectivity index (χ1) is 8.42. The second-order valence-electron chi connectivity index (χ2n) is 4.37. The van der Waals surface area contributed by atoms with Crippen LogP contribution in [0, 0.1) is 0 Å². The molecule has 0 aliphatic carbocycles. The van der Waals surface area contributed by atoms with Crippen LogP contribution in [0.2, 0.25) is 0 Å². The first-order valence-corrected chi connectivity index (χ1v) is 7.40. The molecular formula is C14H21NOS. The minimum absolute atomic E-state index is 0.586. The Labute approximate surface area is 108 Å². The fourth-order valence-electron chi connectivity index (χ4n) is 2.04. The molecule has 3 heteroatoms. The maximum Gasteiger partial charge on any atom is 0.0591 e. The van der Waals surface area contributed by atoms with Crippen LogP contribution in [0.25, 0.3) is 0 Å². The Bertz CT molecular complexity index is 343. The molecule has 0 fully saturated rings. The summed E-state index contributed by atoms with van der Waals surface area (Å²) in [6, 6.07) is 8.69. The maximum atomic E-state index is 5.75. The molecule has 1 unspecified atom stereocenters. The topological polar surface area (TPSA) is 21.3 Å². The molecule has 0 amide bonds. The Morgan fingerprint density at radius 2 is 2.24 bits per heavy atom. The highest BCUT2D eigenvalue weighted by Crippen LogP contribution is 2.39. The molecule has 1 N–H and O–H groups in total. The highest BCUT2D eigenvalue weighted by Gasteiger charge is 2.22. The summed E-state index contributed by atoms with van der Waals surface area (Å²) in [5.41, 5.74) is 1.47. The molecule has 1 aliphatic rings. The van der Waals surface area contributed by atoms with Gasteiger partial charge in [0, 0.05) is 23.1 Å².